The van der Waals surface area contributed by atoms with Gasteiger partial charge in [0.25, 0.3) is 6.20 Å². The Morgan fingerprint density at radius 1 is 1.25 bits per heavy atom. The fourth-order valence-electron chi connectivity index (χ4n) is 3.46. The summed E-state index contributed by atoms with van der Waals surface area (Å²) in [5, 5.41) is 18.6. The highest BCUT2D eigenvalue weighted by molar-refractivity contribution is 7.98. The lowest BCUT2D eigenvalue weighted by Gasteiger charge is -2.15. The third-order valence-corrected chi connectivity index (χ3v) is 5.96. The van der Waals surface area contributed by atoms with Crippen LogP contribution in [0.1, 0.15) is 29.9 Å². The Morgan fingerprint density at radius 2 is 2.03 bits per heavy atom. The summed E-state index contributed by atoms with van der Waals surface area (Å²) < 4.78 is 5.81. The summed E-state index contributed by atoms with van der Waals surface area (Å²) >= 11 is 1.72. The van der Waals surface area contributed by atoms with Crippen molar-refractivity contribution in [2.45, 2.75) is 25.1 Å². The molecular formula is C23H31N5O3S. The Labute approximate surface area is 192 Å². The predicted octanol–water partition coefficient (Wildman–Crippen LogP) is 4.11. The molecule has 0 amide bonds. The predicted molar refractivity (Wildman–Crippen MR) is 130 cm³/mol. The summed E-state index contributed by atoms with van der Waals surface area (Å²) in [5.41, 5.74) is 2.28. The molecule has 32 heavy (non-hydrogen) atoms. The zero-order valence-electron chi connectivity index (χ0n) is 18.8. The van der Waals surface area contributed by atoms with Crippen LogP contribution in [0.4, 0.5) is 0 Å². The van der Waals surface area contributed by atoms with Crippen molar-refractivity contribution in [3.05, 3.63) is 81.8 Å². The van der Waals surface area contributed by atoms with Crippen LogP contribution in [0.25, 0.3) is 10.9 Å². The molecule has 3 rings (SSSR count). The summed E-state index contributed by atoms with van der Waals surface area (Å²) in [6, 6.07) is 12.2. The summed E-state index contributed by atoms with van der Waals surface area (Å²) in [6.45, 7) is 4.09. The normalized spacial score (nSPS) is 12.9. The molecule has 2 aromatic heterocycles. The second-order valence-corrected chi connectivity index (χ2v) is 9.09. The third kappa shape index (κ3) is 7.06. The number of nitrogens with one attached hydrogen (secondary N) is 3. The van der Waals surface area contributed by atoms with E-state index in [9.17, 15) is 10.1 Å². The molecular weight excluding hydrogens is 426 g/mol. The van der Waals surface area contributed by atoms with Crippen LogP contribution in [0.2, 0.25) is 0 Å². The van der Waals surface area contributed by atoms with E-state index >= 15 is 0 Å². The maximum atomic E-state index is 11.0. The van der Waals surface area contributed by atoms with Gasteiger partial charge in [0.05, 0.1) is 17.2 Å². The van der Waals surface area contributed by atoms with Crippen LogP contribution >= 0.6 is 11.8 Å². The van der Waals surface area contributed by atoms with Gasteiger partial charge in [0.15, 0.2) is 5.82 Å². The van der Waals surface area contributed by atoms with Crippen molar-refractivity contribution in [1.29, 1.82) is 0 Å². The van der Waals surface area contributed by atoms with Gasteiger partial charge in [0, 0.05) is 41.9 Å². The first kappa shape index (κ1) is 23.7. The summed E-state index contributed by atoms with van der Waals surface area (Å²) in [7, 11) is 4.02. The van der Waals surface area contributed by atoms with Gasteiger partial charge >= 0.3 is 0 Å². The molecule has 3 N–H and O–H groups in total. The van der Waals surface area contributed by atoms with Crippen LogP contribution in [0.5, 0.6) is 0 Å². The molecule has 0 aliphatic heterocycles. The van der Waals surface area contributed by atoms with E-state index in [1.165, 1.54) is 10.9 Å². The number of H-pyrrole nitrogens is 1. The van der Waals surface area contributed by atoms with Gasteiger partial charge in [-0.1, -0.05) is 25.1 Å². The monoisotopic (exact) mass is 457 g/mol. The summed E-state index contributed by atoms with van der Waals surface area (Å²) in [5.74, 6) is 4.08. The van der Waals surface area contributed by atoms with Gasteiger partial charge in [-0.15, -0.1) is 0 Å². The first-order valence-corrected chi connectivity index (χ1v) is 11.8. The first-order valence-electron chi connectivity index (χ1n) is 10.6. The maximum Gasteiger partial charge on any atom is 0.274 e. The number of nitro groups is 1. The first-order chi connectivity index (χ1) is 15.4. The molecule has 172 valence electrons. The second kappa shape index (κ2) is 11.6. The fourth-order valence-corrected chi connectivity index (χ4v) is 4.21. The molecule has 0 aliphatic carbocycles. The van der Waals surface area contributed by atoms with Gasteiger partial charge < -0.3 is 24.9 Å². The molecule has 0 spiro atoms. The van der Waals surface area contributed by atoms with E-state index in [0.717, 1.165) is 41.3 Å². The summed E-state index contributed by atoms with van der Waals surface area (Å²) in [4.78, 5) is 15.9. The topological polar surface area (TPSA) is 99.4 Å². The number of hydrogen-bond donors (Lipinski definition) is 3. The Hall–Kier alpha value is -2.91. The highest BCUT2D eigenvalue weighted by Gasteiger charge is 2.12. The highest BCUT2D eigenvalue weighted by Crippen LogP contribution is 2.25. The van der Waals surface area contributed by atoms with Crippen LogP contribution in [-0.2, 0) is 12.3 Å². The SMILES string of the molecule is CC(CN/C(=C\[N+](=O)[O-])NCCSCc1ccc(CN(C)C)o1)c1c[nH]c2ccccc12. The largest absolute Gasteiger partial charge is 0.464 e. The lowest BCUT2D eigenvalue weighted by Crippen LogP contribution is -2.31. The highest BCUT2D eigenvalue weighted by atomic mass is 32.2. The van der Waals surface area contributed by atoms with E-state index in [-0.39, 0.29) is 5.92 Å². The Balaban J connectivity index is 1.44. The van der Waals surface area contributed by atoms with Crippen LogP contribution in [-0.4, -0.2) is 47.7 Å². The number of thioether (sulfide) groups is 1. The van der Waals surface area contributed by atoms with Gasteiger partial charge in [-0.25, -0.2) is 0 Å². The Bertz CT molecular complexity index is 1040. The lowest BCUT2D eigenvalue weighted by molar-refractivity contribution is -0.404. The van der Waals surface area contributed by atoms with E-state index in [1.54, 1.807) is 11.8 Å². The van der Waals surface area contributed by atoms with E-state index in [4.69, 9.17) is 4.42 Å². The van der Waals surface area contributed by atoms with Gasteiger partial charge in [-0.3, -0.25) is 10.1 Å². The van der Waals surface area contributed by atoms with Crippen LogP contribution in [0, 0.1) is 10.1 Å². The van der Waals surface area contributed by atoms with Crippen molar-refractivity contribution in [2.75, 3.05) is 32.9 Å². The second-order valence-electron chi connectivity index (χ2n) is 7.98. The molecule has 1 unspecified atom stereocenters. The Kier molecular flexibility index (Phi) is 8.64. The van der Waals surface area contributed by atoms with E-state index < -0.39 is 4.92 Å². The number of aromatic nitrogens is 1. The van der Waals surface area contributed by atoms with Gasteiger partial charge in [-0.2, -0.15) is 11.8 Å². The number of rotatable bonds is 13. The van der Waals surface area contributed by atoms with Gasteiger partial charge in [0.2, 0.25) is 0 Å². The molecule has 0 aliphatic rings. The fraction of sp³-hybridized carbons (Fsp3) is 0.391. The van der Waals surface area contributed by atoms with Crippen molar-refractivity contribution < 1.29 is 9.34 Å². The van der Waals surface area contributed by atoms with Crippen LogP contribution < -0.4 is 10.6 Å². The van der Waals surface area contributed by atoms with E-state index in [0.29, 0.717) is 18.9 Å². The molecule has 1 atom stereocenters. The van der Waals surface area contributed by atoms with Crippen molar-refractivity contribution in [3.8, 4) is 0 Å². The number of aromatic amines is 1. The zero-order valence-corrected chi connectivity index (χ0v) is 19.6. The summed E-state index contributed by atoms with van der Waals surface area (Å²) in [6.07, 6.45) is 3.00. The number of furan rings is 1. The van der Waals surface area contributed by atoms with Gasteiger partial charge in [0.1, 0.15) is 11.5 Å². The van der Waals surface area contributed by atoms with Crippen LogP contribution in [0.15, 0.2) is 59.0 Å². The molecule has 2 heterocycles. The quantitative estimate of drug-likeness (QED) is 0.202. The number of hydrogen-bond acceptors (Lipinski definition) is 7. The van der Waals surface area contributed by atoms with Crippen molar-refractivity contribution >= 4 is 22.7 Å². The molecule has 8 nitrogen and oxygen atoms in total. The minimum absolute atomic E-state index is 0.188. The molecule has 0 fully saturated rings. The zero-order chi connectivity index (χ0) is 22.9. The maximum absolute atomic E-state index is 11.0. The number of para-hydroxylation sites is 1. The molecule has 0 bridgehead atoms. The molecule has 3 aromatic rings. The average Bonchev–Trinajstić information content (AvgIpc) is 3.37. The number of nitrogens with zero attached hydrogens (tertiary/aromatic N) is 2. The molecule has 1 aromatic carbocycles. The van der Waals surface area contributed by atoms with Crippen molar-refractivity contribution in [2.24, 2.45) is 0 Å². The minimum atomic E-state index is -0.437. The van der Waals surface area contributed by atoms with Gasteiger partial charge in [-0.05, 0) is 37.9 Å². The molecule has 0 radical (unpaired) electrons. The Morgan fingerprint density at radius 3 is 2.81 bits per heavy atom. The molecule has 9 heteroatoms. The molecule has 0 saturated carbocycles. The minimum Gasteiger partial charge on any atom is -0.464 e. The van der Waals surface area contributed by atoms with E-state index in [1.807, 2.05) is 50.6 Å². The van der Waals surface area contributed by atoms with E-state index in [2.05, 4.69) is 33.5 Å². The molecule has 0 saturated heterocycles. The van der Waals surface area contributed by atoms with Crippen molar-refractivity contribution in [1.82, 2.24) is 20.5 Å². The standard InChI is InChI=1S/C23H31N5O3S/c1-17(21-13-25-22-7-5-4-6-20(21)22)12-26-23(15-28(29)30)24-10-11-32-16-19-9-8-18(31-19)14-27(2)3/h4-9,13,15,17,24-26H,10-12,14,16H2,1-3H3/b23-15-. The van der Waals surface area contributed by atoms with Crippen molar-refractivity contribution in [3.63, 3.8) is 0 Å². The smallest absolute Gasteiger partial charge is 0.274 e. The number of fused-ring (bicyclic) bond motifs is 1. The lowest BCUT2D eigenvalue weighted by atomic mass is 10.0. The van der Waals surface area contributed by atoms with Crippen LogP contribution in [0.3, 0.4) is 0 Å². The average molecular weight is 458 g/mol. The third-order valence-electron chi connectivity index (χ3n) is 4.98. The number of benzene rings is 1.